The molecule has 0 saturated heterocycles. The van der Waals surface area contributed by atoms with Gasteiger partial charge < -0.3 is 15.9 Å². The molecule has 4 N–H and O–H groups in total. The van der Waals surface area contributed by atoms with Gasteiger partial charge >= 0.3 is 11.7 Å². The lowest BCUT2D eigenvalue weighted by Gasteiger charge is -2.11. The zero-order valence-electron chi connectivity index (χ0n) is 8.68. The number of carboxylic acids is 1. The monoisotopic (exact) mass is 260 g/mol. The van der Waals surface area contributed by atoms with E-state index in [-0.39, 0.29) is 16.1 Å². The van der Waals surface area contributed by atoms with E-state index in [2.05, 4.69) is 0 Å². The SMILES string of the molecule is Cc1c(Cl)cc([C@H](N)C(=O)O)c(O)c1[N+](=O)[O-]. The van der Waals surface area contributed by atoms with Crippen LogP contribution in [0, 0.1) is 17.0 Å². The fourth-order valence-electron chi connectivity index (χ4n) is 1.33. The van der Waals surface area contributed by atoms with Crippen LogP contribution >= 0.6 is 11.6 Å². The normalized spacial score (nSPS) is 12.2. The van der Waals surface area contributed by atoms with Gasteiger partial charge in [-0.15, -0.1) is 0 Å². The minimum absolute atomic E-state index is 0.0267. The van der Waals surface area contributed by atoms with Crippen LogP contribution in [0.3, 0.4) is 0 Å². The van der Waals surface area contributed by atoms with Gasteiger partial charge in [0, 0.05) is 11.1 Å². The smallest absolute Gasteiger partial charge is 0.325 e. The van der Waals surface area contributed by atoms with Crippen molar-refractivity contribution in [2.75, 3.05) is 0 Å². The van der Waals surface area contributed by atoms with Crippen LogP contribution in [-0.2, 0) is 4.79 Å². The minimum Gasteiger partial charge on any atom is -0.502 e. The topological polar surface area (TPSA) is 127 Å². The van der Waals surface area contributed by atoms with E-state index in [1.165, 1.54) is 6.92 Å². The molecule has 7 nitrogen and oxygen atoms in total. The van der Waals surface area contributed by atoms with E-state index >= 15 is 0 Å². The number of halogens is 1. The van der Waals surface area contributed by atoms with E-state index in [1.54, 1.807) is 0 Å². The molecule has 8 heteroatoms. The van der Waals surface area contributed by atoms with E-state index in [9.17, 15) is 20.0 Å². The number of phenolic OH excluding ortho intramolecular Hbond substituents is 1. The maximum atomic E-state index is 10.7. The second-order valence-corrected chi connectivity index (χ2v) is 3.75. The quantitative estimate of drug-likeness (QED) is 0.556. The van der Waals surface area contributed by atoms with E-state index in [0.29, 0.717) is 0 Å². The fraction of sp³-hybridized carbons (Fsp3) is 0.222. The first-order valence-corrected chi connectivity index (χ1v) is 4.80. The van der Waals surface area contributed by atoms with Gasteiger partial charge in [0.2, 0.25) is 0 Å². The lowest BCUT2D eigenvalue weighted by Crippen LogP contribution is -2.21. The summed E-state index contributed by atoms with van der Waals surface area (Å²) in [7, 11) is 0. The van der Waals surface area contributed by atoms with E-state index in [1.807, 2.05) is 0 Å². The van der Waals surface area contributed by atoms with Gasteiger partial charge in [-0.05, 0) is 13.0 Å². The van der Waals surface area contributed by atoms with Gasteiger partial charge in [-0.1, -0.05) is 11.6 Å². The Hall–Kier alpha value is -1.86. The Bertz CT molecular complexity index is 503. The number of benzene rings is 1. The molecule has 0 unspecified atom stereocenters. The molecule has 1 aromatic rings. The summed E-state index contributed by atoms with van der Waals surface area (Å²) in [4.78, 5) is 20.6. The van der Waals surface area contributed by atoms with Crippen LogP contribution < -0.4 is 5.73 Å². The summed E-state index contributed by atoms with van der Waals surface area (Å²) in [5.41, 5.74) is 4.41. The Morgan fingerprint density at radius 2 is 2.18 bits per heavy atom. The number of nitrogens with zero attached hydrogens (tertiary/aromatic N) is 1. The molecule has 0 amide bonds. The first-order valence-electron chi connectivity index (χ1n) is 4.42. The van der Waals surface area contributed by atoms with Crippen LogP contribution in [0.15, 0.2) is 6.07 Å². The first-order chi connectivity index (χ1) is 7.77. The van der Waals surface area contributed by atoms with Crippen LogP contribution in [0.5, 0.6) is 5.75 Å². The lowest BCUT2D eigenvalue weighted by atomic mass is 10.0. The van der Waals surface area contributed by atoms with Crippen molar-refractivity contribution in [1.82, 2.24) is 0 Å². The largest absolute Gasteiger partial charge is 0.502 e. The van der Waals surface area contributed by atoms with Crippen LogP contribution in [0.1, 0.15) is 17.2 Å². The average Bonchev–Trinajstić information content (AvgIpc) is 2.22. The highest BCUT2D eigenvalue weighted by molar-refractivity contribution is 6.31. The highest BCUT2D eigenvalue weighted by Gasteiger charge is 2.28. The lowest BCUT2D eigenvalue weighted by molar-refractivity contribution is -0.386. The summed E-state index contributed by atoms with van der Waals surface area (Å²) < 4.78 is 0. The van der Waals surface area contributed by atoms with Crippen molar-refractivity contribution in [3.63, 3.8) is 0 Å². The van der Waals surface area contributed by atoms with Crippen molar-refractivity contribution < 1.29 is 19.9 Å². The van der Waals surface area contributed by atoms with Gasteiger partial charge in [0.1, 0.15) is 6.04 Å². The van der Waals surface area contributed by atoms with Gasteiger partial charge in [0.15, 0.2) is 5.75 Å². The van der Waals surface area contributed by atoms with Crippen LogP contribution in [0.4, 0.5) is 5.69 Å². The standard InChI is InChI=1S/C9H9ClN2O5/c1-3-5(10)2-4(6(11)9(14)15)8(13)7(3)12(16)17/h2,6,13H,11H2,1H3,(H,14,15)/t6-/m0/s1. The van der Waals surface area contributed by atoms with Crippen molar-refractivity contribution in [2.45, 2.75) is 13.0 Å². The molecule has 0 fully saturated rings. The number of aliphatic carboxylic acids is 1. The molecular weight excluding hydrogens is 252 g/mol. The van der Waals surface area contributed by atoms with Crippen molar-refractivity contribution in [1.29, 1.82) is 0 Å². The van der Waals surface area contributed by atoms with Crippen molar-refractivity contribution in [2.24, 2.45) is 5.73 Å². The fourth-order valence-corrected chi connectivity index (χ4v) is 1.54. The number of aromatic hydroxyl groups is 1. The van der Waals surface area contributed by atoms with Crippen molar-refractivity contribution in [3.05, 3.63) is 32.3 Å². The van der Waals surface area contributed by atoms with E-state index in [4.69, 9.17) is 22.4 Å². The number of nitro benzene ring substituents is 1. The molecule has 17 heavy (non-hydrogen) atoms. The summed E-state index contributed by atoms with van der Waals surface area (Å²) in [5.74, 6) is -2.19. The Morgan fingerprint density at radius 1 is 1.65 bits per heavy atom. The molecule has 1 aromatic carbocycles. The second kappa shape index (κ2) is 4.56. The third kappa shape index (κ3) is 2.29. The molecule has 0 aliphatic heterocycles. The molecule has 0 bridgehead atoms. The number of nitro groups is 1. The summed E-state index contributed by atoms with van der Waals surface area (Å²) >= 11 is 5.72. The number of phenols is 1. The van der Waals surface area contributed by atoms with Gasteiger partial charge in [-0.25, -0.2) is 0 Å². The van der Waals surface area contributed by atoms with Crippen LogP contribution in [-0.4, -0.2) is 21.1 Å². The summed E-state index contributed by atoms with van der Waals surface area (Å²) in [6.07, 6.45) is 0. The molecule has 92 valence electrons. The van der Waals surface area contributed by atoms with Crippen LogP contribution in [0.25, 0.3) is 0 Å². The molecule has 0 saturated carbocycles. The Morgan fingerprint density at radius 3 is 2.59 bits per heavy atom. The summed E-state index contributed by atoms with van der Waals surface area (Å²) in [6.45, 7) is 1.34. The third-order valence-corrected chi connectivity index (χ3v) is 2.67. The second-order valence-electron chi connectivity index (χ2n) is 3.34. The summed E-state index contributed by atoms with van der Waals surface area (Å²) in [5, 5.41) is 29.1. The molecule has 0 aromatic heterocycles. The number of carboxylic acid groups (broad SMARTS) is 1. The predicted octanol–water partition coefficient (Wildman–Crippen LogP) is 1.35. The van der Waals surface area contributed by atoms with Gasteiger partial charge in [-0.3, -0.25) is 14.9 Å². The number of rotatable bonds is 3. The van der Waals surface area contributed by atoms with Gasteiger partial charge in [-0.2, -0.15) is 0 Å². The van der Waals surface area contributed by atoms with E-state index in [0.717, 1.165) is 6.07 Å². The molecule has 0 heterocycles. The molecular formula is C9H9ClN2O5. The Labute approximate surface area is 101 Å². The average molecular weight is 261 g/mol. The number of nitrogens with two attached hydrogens (primary N) is 1. The molecule has 0 aliphatic carbocycles. The predicted molar refractivity (Wildman–Crippen MR) is 59.1 cm³/mol. The maximum absolute atomic E-state index is 10.7. The highest BCUT2D eigenvalue weighted by Crippen LogP contribution is 2.39. The number of hydrogen-bond donors (Lipinski definition) is 3. The van der Waals surface area contributed by atoms with Gasteiger partial charge in [0.25, 0.3) is 0 Å². The summed E-state index contributed by atoms with van der Waals surface area (Å²) in [6, 6.07) is -0.468. The minimum atomic E-state index is -1.58. The molecule has 0 radical (unpaired) electrons. The van der Waals surface area contributed by atoms with Crippen molar-refractivity contribution in [3.8, 4) is 5.75 Å². The van der Waals surface area contributed by atoms with Crippen LogP contribution in [0.2, 0.25) is 5.02 Å². The number of hydrogen-bond acceptors (Lipinski definition) is 5. The zero-order valence-corrected chi connectivity index (χ0v) is 9.43. The molecule has 0 spiro atoms. The van der Waals surface area contributed by atoms with E-state index < -0.39 is 28.4 Å². The number of carbonyl (C=O) groups is 1. The highest BCUT2D eigenvalue weighted by atomic mass is 35.5. The maximum Gasteiger partial charge on any atom is 0.325 e. The van der Waals surface area contributed by atoms with Gasteiger partial charge in [0.05, 0.1) is 9.95 Å². The Balaban J connectivity index is 3.55. The molecule has 1 rings (SSSR count). The molecule has 1 atom stereocenters. The molecule has 0 aliphatic rings. The third-order valence-electron chi connectivity index (χ3n) is 2.28. The Kier molecular flexibility index (Phi) is 3.54. The first kappa shape index (κ1) is 13.2. The zero-order chi connectivity index (χ0) is 13.3. The van der Waals surface area contributed by atoms with Crippen molar-refractivity contribution >= 4 is 23.3 Å².